The minimum atomic E-state index is 0.194. The zero-order chi connectivity index (χ0) is 39.9. The van der Waals surface area contributed by atoms with Crippen LogP contribution < -0.4 is 16.4 Å². The molecule has 4 heteroatoms. The van der Waals surface area contributed by atoms with Crippen LogP contribution in [-0.4, -0.2) is 20.4 Å². The summed E-state index contributed by atoms with van der Waals surface area (Å²) in [5.74, 6) is 0. The molecule has 9 aromatic carbocycles. The van der Waals surface area contributed by atoms with E-state index in [0.717, 1.165) is 24.2 Å². The number of aromatic nitrogens is 3. The number of nitrogens with zero attached hydrogens (tertiary/aromatic N) is 3. The number of hydrogen-bond donors (Lipinski definition) is 0. The quantitative estimate of drug-likeness (QED) is 0.159. The van der Waals surface area contributed by atoms with Crippen LogP contribution >= 0.6 is 0 Å². The summed E-state index contributed by atoms with van der Waals surface area (Å²) in [7, 11) is 0. The number of aryl methyl sites for hydroxylation is 1. The summed E-state index contributed by atoms with van der Waals surface area (Å²) in [6.45, 7) is 2.42. The lowest BCUT2D eigenvalue weighted by Gasteiger charge is -2.34. The van der Waals surface area contributed by atoms with Crippen LogP contribution in [0.1, 0.15) is 27.8 Å². The van der Waals surface area contributed by atoms with Crippen molar-refractivity contribution < 1.29 is 0 Å². The van der Waals surface area contributed by atoms with Gasteiger partial charge in [-0.2, -0.15) is 0 Å². The van der Waals surface area contributed by atoms with Gasteiger partial charge in [-0.3, -0.25) is 0 Å². The van der Waals surface area contributed by atoms with E-state index in [1.54, 1.807) is 0 Å². The summed E-state index contributed by atoms with van der Waals surface area (Å²) in [4.78, 5) is 0. The van der Waals surface area contributed by atoms with Crippen LogP contribution in [0.25, 0.3) is 82.5 Å². The summed E-state index contributed by atoms with van der Waals surface area (Å²) in [5, 5.41) is 7.58. The van der Waals surface area contributed by atoms with Crippen molar-refractivity contribution in [2.45, 2.75) is 19.8 Å². The molecule has 284 valence electrons. The van der Waals surface area contributed by atoms with Crippen LogP contribution in [0.2, 0.25) is 0 Å². The first-order chi connectivity index (χ1) is 30.2. The van der Waals surface area contributed by atoms with Gasteiger partial charge in [0.15, 0.2) is 0 Å². The average molecular weight is 776 g/mol. The van der Waals surface area contributed by atoms with Crippen LogP contribution in [-0.2, 0) is 12.8 Å². The fraction of sp³-hybridized carbons (Fsp3) is 0.0526. The Hall–Kier alpha value is -7.56. The standard InChI is InChI=1S/C57H38BN3/c1-35-27-30-46-39(31-35)33-38-16-14-15-37-32-36-28-29-42(34-47(36)58(46)54(37)38)61-50-26-13-10-23-45(50)53-56-51(43-21-8-11-24-48(43)59(56)40-17-4-2-5-18-40)55-52(57(53)61)44-22-9-12-25-49(44)60(55)41-19-6-3-7-20-41/h2-31,34H,32-33H2,1H3. The molecule has 12 aromatic rings. The molecule has 0 atom stereocenters. The Bertz CT molecular complexity index is 3760. The monoisotopic (exact) mass is 775 g/mol. The second-order valence-electron chi connectivity index (χ2n) is 17.3. The molecule has 0 spiro atoms. The SMILES string of the molecule is Cc1ccc2c(c1)Cc1cccc3c1B2c1cc(-n2c4ccccc4c4c5c(c6ccccc6n5-c5ccccc5)c5c(c6ccccc6n5-c5ccccc5)c42)ccc1C3. The van der Waals surface area contributed by atoms with Gasteiger partial charge in [0, 0.05) is 49.4 Å². The Morgan fingerprint density at radius 1 is 0.361 bits per heavy atom. The Morgan fingerprint density at radius 2 is 0.836 bits per heavy atom. The molecule has 2 aliphatic rings. The van der Waals surface area contributed by atoms with Crippen molar-refractivity contribution in [1.29, 1.82) is 0 Å². The number of rotatable bonds is 3. The third kappa shape index (κ3) is 4.44. The van der Waals surface area contributed by atoms with Crippen LogP contribution in [0.5, 0.6) is 0 Å². The van der Waals surface area contributed by atoms with E-state index in [9.17, 15) is 0 Å². The van der Waals surface area contributed by atoms with Gasteiger partial charge in [-0.05, 0) is 96.6 Å². The third-order valence-corrected chi connectivity index (χ3v) is 14.0. The first-order valence-electron chi connectivity index (χ1n) is 21.6. The van der Waals surface area contributed by atoms with E-state index >= 15 is 0 Å². The van der Waals surface area contributed by atoms with E-state index in [4.69, 9.17) is 0 Å². The van der Waals surface area contributed by atoms with Gasteiger partial charge in [-0.1, -0.05) is 155 Å². The normalized spacial score (nSPS) is 13.2. The highest BCUT2D eigenvalue weighted by Crippen LogP contribution is 2.50. The maximum Gasteiger partial charge on any atom is 0.242 e. The zero-order valence-electron chi connectivity index (χ0n) is 33.7. The van der Waals surface area contributed by atoms with Crippen molar-refractivity contribution in [1.82, 2.24) is 13.7 Å². The van der Waals surface area contributed by atoms with Gasteiger partial charge in [0.2, 0.25) is 6.71 Å². The summed E-state index contributed by atoms with van der Waals surface area (Å²) in [5.41, 5.74) is 22.4. The minimum Gasteiger partial charge on any atom is -0.308 e. The van der Waals surface area contributed by atoms with E-state index < -0.39 is 0 Å². The fourth-order valence-corrected chi connectivity index (χ4v) is 11.7. The van der Waals surface area contributed by atoms with Crippen molar-refractivity contribution in [3.8, 4) is 17.1 Å². The van der Waals surface area contributed by atoms with Crippen LogP contribution in [0.15, 0.2) is 188 Å². The summed E-state index contributed by atoms with van der Waals surface area (Å²) >= 11 is 0. The molecule has 5 heterocycles. The third-order valence-electron chi connectivity index (χ3n) is 14.0. The van der Waals surface area contributed by atoms with Crippen LogP contribution in [0.3, 0.4) is 0 Å². The molecule has 61 heavy (non-hydrogen) atoms. The van der Waals surface area contributed by atoms with Crippen LogP contribution in [0.4, 0.5) is 0 Å². The van der Waals surface area contributed by atoms with Gasteiger partial charge in [-0.15, -0.1) is 0 Å². The molecule has 0 radical (unpaired) electrons. The van der Waals surface area contributed by atoms with E-state index in [2.05, 4.69) is 209 Å². The minimum absolute atomic E-state index is 0.194. The van der Waals surface area contributed by atoms with Crippen molar-refractivity contribution in [2.24, 2.45) is 0 Å². The molecular formula is C57H38BN3. The Kier molecular flexibility index (Phi) is 6.69. The second kappa shape index (κ2) is 12.3. The lowest BCUT2D eigenvalue weighted by Crippen LogP contribution is -2.61. The molecule has 3 aromatic heterocycles. The molecule has 0 saturated carbocycles. The number of hydrogen-bond acceptors (Lipinski definition) is 0. The Balaban J connectivity index is 1.20. The maximum absolute atomic E-state index is 2.61. The van der Waals surface area contributed by atoms with E-state index in [-0.39, 0.29) is 6.71 Å². The molecular weight excluding hydrogens is 737 g/mol. The predicted octanol–water partition coefficient (Wildman–Crippen LogP) is 11.6. The molecule has 0 bridgehead atoms. The molecule has 0 N–H and O–H groups in total. The number of benzene rings is 9. The first-order valence-corrected chi connectivity index (χ1v) is 21.6. The van der Waals surface area contributed by atoms with Gasteiger partial charge >= 0.3 is 0 Å². The second-order valence-corrected chi connectivity index (χ2v) is 17.3. The highest BCUT2D eigenvalue weighted by Gasteiger charge is 2.37. The van der Waals surface area contributed by atoms with E-state index in [0.29, 0.717) is 0 Å². The van der Waals surface area contributed by atoms with Crippen molar-refractivity contribution in [3.05, 3.63) is 216 Å². The number of para-hydroxylation sites is 5. The van der Waals surface area contributed by atoms with E-state index in [1.165, 1.54) is 115 Å². The maximum atomic E-state index is 2.61. The van der Waals surface area contributed by atoms with Crippen molar-refractivity contribution in [3.63, 3.8) is 0 Å². The summed E-state index contributed by atoms with van der Waals surface area (Å²) < 4.78 is 7.67. The smallest absolute Gasteiger partial charge is 0.242 e. The van der Waals surface area contributed by atoms with Gasteiger partial charge in [0.25, 0.3) is 0 Å². The summed E-state index contributed by atoms with van der Waals surface area (Å²) in [6, 6.07) is 70.7. The van der Waals surface area contributed by atoms with Crippen LogP contribution in [0, 0.1) is 6.92 Å². The van der Waals surface area contributed by atoms with E-state index in [1.807, 2.05) is 0 Å². The van der Waals surface area contributed by atoms with Gasteiger partial charge in [0.1, 0.15) is 0 Å². The lowest BCUT2D eigenvalue weighted by atomic mass is 9.30. The predicted molar refractivity (Wildman–Crippen MR) is 257 cm³/mol. The lowest BCUT2D eigenvalue weighted by molar-refractivity contribution is 1.13. The topological polar surface area (TPSA) is 14.8 Å². The van der Waals surface area contributed by atoms with Gasteiger partial charge in [0.05, 0.1) is 33.1 Å². The molecule has 0 fully saturated rings. The molecule has 0 amide bonds. The summed E-state index contributed by atoms with van der Waals surface area (Å²) in [6.07, 6.45) is 1.95. The molecule has 2 aliphatic heterocycles. The van der Waals surface area contributed by atoms with Crippen molar-refractivity contribution >= 4 is 88.5 Å². The molecule has 0 saturated heterocycles. The Labute approximate surface area is 353 Å². The Morgan fingerprint density at radius 3 is 1.38 bits per heavy atom. The van der Waals surface area contributed by atoms with Gasteiger partial charge < -0.3 is 13.7 Å². The molecule has 14 rings (SSSR count). The molecule has 0 unspecified atom stereocenters. The van der Waals surface area contributed by atoms with Crippen molar-refractivity contribution in [2.75, 3.05) is 0 Å². The highest BCUT2D eigenvalue weighted by atomic mass is 15.0. The molecule has 0 aliphatic carbocycles. The fourth-order valence-electron chi connectivity index (χ4n) is 11.7. The number of fused-ring (bicyclic) bond motifs is 16. The van der Waals surface area contributed by atoms with Gasteiger partial charge in [-0.25, -0.2) is 0 Å². The zero-order valence-corrected chi connectivity index (χ0v) is 33.7. The first kappa shape index (κ1) is 33.3. The highest BCUT2D eigenvalue weighted by molar-refractivity contribution is 6.97. The largest absolute Gasteiger partial charge is 0.308 e. The molecule has 3 nitrogen and oxygen atoms in total. The average Bonchev–Trinajstić information content (AvgIpc) is 3.95.